The first-order valence-corrected chi connectivity index (χ1v) is 8.04. The Bertz CT molecular complexity index is 788. The zero-order valence-electron chi connectivity index (χ0n) is 11.9. The molecular weight excluding hydrogens is 315 g/mol. The molecule has 0 N–H and O–H groups in total. The van der Waals surface area contributed by atoms with E-state index < -0.39 is 0 Å². The predicted molar refractivity (Wildman–Crippen MR) is 93.0 cm³/mol. The molecule has 0 unspecified atom stereocenters. The van der Waals surface area contributed by atoms with Gasteiger partial charge in [0.25, 0.3) is 0 Å². The molecule has 2 aliphatic rings. The molecule has 0 amide bonds. The molecule has 0 aliphatic carbocycles. The van der Waals surface area contributed by atoms with Crippen LogP contribution in [0.1, 0.15) is 17.5 Å². The van der Waals surface area contributed by atoms with Gasteiger partial charge in [-0.05, 0) is 41.8 Å². The van der Waals surface area contributed by atoms with Crippen molar-refractivity contribution in [3.63, 3.8) is 0 Å². The molecule has 2 nitrogen and oxygen atoms in total. The Kier molecular flexibility index (Phi) is 3.44. The van der Waals surface area contributed by atoms with Crippen molar-refractivity contribution in [3.05, 3.63) is 69.2 Å². The van der Waals surface area contributed by atoms with Gasteiger partial charge >= 0.3 is 0 Å². The molecule has 1 fully saturated rings. The van der Waals surface area contributed by atoms with E-state index in [2.05, 4.69) is 29.2 Å². The van der Waals surface area contributed by atoms with Crippen molar-refractivity contribution >= 4 is 40.8 Å². The molecule has 2 aromatic rings. The molecule has 22 heavy (non-hydrogen) atoms. The smallest absolute Gasteiger partial charge is 0.132 e. The molecule has 0 saturated carbocycles. The maximum atomic E-state index is 6.28. The van der Waals surface area contributed by atoms with E-state index in [-0.39, 0.29) is 0 Å². The van der Waals surface area contributed by atoms with Gasteiger partial charge in [-0.25, -0.2) is 4.99 Å². The monoisotopic (exact) mass is 328 g/mol. The maximum absolute atomic E-state index is 6.28. The molecule has 4 heteroatoms. The average Bonchev–Trinajstić information content (AvgIpc) is 2.91. The van der Waals surface area contributed by atoms with Crippen LogP contribution in [0.4, 0.5) is 5.69 Å². The second-order valence-corrected chi connectivity index (χ2v) is 6.35. The largest absolute Gasteiger partial charge is 0.352 e. The summed E-state index contributed by atoms with van der Waals surface area (Å²) < 4.78 is 0. The summed E-state index contributed by atoms with van der Waals surface area (Å²) in [6.07, 6.45) is 3.05. The molecule has 0 radical (unpaired) electrons. The summed E-state index contributed by atoms with van der Waals surface area (Å²) in [7, 11) is 0. The highest BCUT2D eigenvalue weighted by atomic mass is 35.5. The average molecular weight is 329 g/mol. The van der Waals surface area contributed by atoms with Crippen LogP contribution in [0.25, 0.3) is 6.08 Å². The first kappa shape index (κ1) is 13.9. The lowest BCUT2D eigenvalue weighted by atomic mass is 10.1. The third kappa shape index (κ3) is 2.33. The third-order valence-electron chi connectivity index (χ3n) is 4.14. The van der Waals surface area contributed by atoms with Crippen LogP contribution in [0.3, 0.4) is 0 Å². The van der Waals surface area contributed by atoms with E-state index in [1.54, 1.807) is 0 Å². The Morgan fingerprint density at radius 3 is 2.59 bits per heavy atom. The lowest BCUT2D eigenvalue weighted by Crippen LogP contribution is -2.27. The zero-order valence-corrected chi connectivity index (χ0v) is 13.4. The molecule has 1 saturated heterocycles. The molecule has 0 atom stereocenters. The highest BCUT2D eigenvalue weighted by molar-refractivity contribution is 6.37. The van der Waals surface area contributed by atoms with E-state index >= 15 is 0 Å². The van der Waals surface area contributed by atoms with Gasteiger partial charge in [0.1, 0.15) is 5.84 Å². The first-order chi connectivity index (χ1) is 10.7. The number of benzene rings is 2. The fraction of sp³-hybridized carbons (Fsp3) is 0.167. The normalized spacial score (nSPS) is 18.2. The summed E-state index contributed by atoms with van der Waals surface area (Å²) in [6, 6.07) is 13.9. The number of hydrogen-bond donors (Lipinski definition) is 0. The molecule has 4 rings (SSSR count). The molecule has 0 spiro atoms. The molecule has 2 aliphatic heterocycles. The van der Waals surface area contributed by atoms with Crippen molar-refractivity contribution in [2.45, 2.75) is 13.0 Å². The van der Waals surface area contributed by atoms with Crippen LogP contribution in [-0.2, 0) is 6.54 Å². The van der Waals surface area contributed by atoms with Gasteiger partial charge in [-0.3, -0.25) is 0 Å². The Labute approximate surface area is 139 Å². The number of fused-ring (bicyclic) bond motifs is 2. The van der Waals surface area contributed by atoms with Crippen LogP contribution in [0.15, 0.2) is 53.0 Å². The summed E-state index contributed by atoms with van der Waals surface area (Å²) in [4.78, 5) is 7.15. The van der Waals surface area contributed by atoms with E-state index in [9.17, 15) is 0 Å². The van der Waals surface area contributed by atoms with E-state index in [1.165, 1.54) is 11.1 Å². The van der Waals surface area contributed by atoms with Crippen LogP contribution < -0.4 is 0 Å². The van der Waals surface area contributed by atoms with Gasteiger partial charge in [-0.15, -0.1) is 0 Å². The van der Waals surface area contributed by atoms with Gasteiger partial charge in [0.05, 0.1) is 5.69 Å². The minimum absolute atomic E-state index is 0.676. The summed E-state index contributed by atoms with van der Waals surface area (Å²) in [5.74, 6) is 1.05. The standard InChI is InChI=1S/C18H14Cl2N2/c19-15-5-3-6-16(20)14(15)10-12-8-9-22-11-13-4-1-2-7-17(13)21-18(12)22/h1-7,10H,8-9,11H2/b12-10+. The van der Waals surface area contributed by atoms with Crippen LogP contribution in [0.5, 0.6) is 0 Å². The van der Waals surface area contributed by atoms with Crippen LogP contribution in [0.2, 0.25) is 10.0 Å². The van der Waals surface area contributed by atoms with E-state index in [0.29, 0.717) is 10.0 Å². The summed E-state index contributed by atoms with van der Waals surface area (Å²) in [6.45, 7) is 1.91. The highest BCUT2D eigenvalue weighted by Gasteiger charge is 2.28. The Hall–Kier alpha value is -1.77. The summed E-state index contributed by atoms with van der Waals surface area (Å²) in [5, 5.41) is 1.35. The van der Waals surface area contributed by atoms with Crippen molar-refractivity contribution in [1.82, 2.24) is 4.90 Å². The Balaban J connectivity index is 1.79. The summed E-state index contributed by atoms with van der Waals surface area (Å²) in [5.41, 5.74) is 4.42. The van der Waals surface area contributed by atoms with Crippen molar-refractivity contribution in [2.24, 2.45) is 4.99 Å². The number of halogens is 2. The molecule has 2 aromatic carbocycles. The van der Waals surface area contributed by atoms with E-state index in [1.807, 2.05) is 24.3 Å². The van der Waals surface area contributed by atoms with E-state index in [0.717, 1.165) is 36.6 Å². The Morgan fingerprint density at radius 2 is 1.77 bits per heavy atom. The number of hydrogen-bond acceptors (Lipinski definition) is 2. The molecule has 2 heterocycles. The van der Waals surface area contributed by atoms with Gasteiger partial charge in [-0.2, -0.15) is 0 Å². The van der Waals surface area contributed by atoms with Gasteiger partial charge < -0.3 is 4.90 Å². The lowest BCUT2D eigenvalue weighted by molar-refractivity contribution is 0.443. The minimum Gasteiger partial charge on any atom is -0.352 e. The summed E-state index contributed by atoms with van der Waals surface area (Å²) >= 11 is 12.6. The van der Waals surface area contributed by atoms with Crippen molar-refractivity contribution < 1.29 is 0 Å². The number of amidine groups is 1. The number of nitrogens with zero attached hydrogens (tertiary/aromatic N) is 2. The predicted octanol–water partition coefficient (Wildman–Crippen LogP) is 5.33. The maximum Gasteiger partial charge on any atom is 0.132 e. The van der Waals surface area contributed by atoms with Gasteiger partial charge in [0, 0.05) is 28.7 Å². The van der Waals surface area contributed by atoms with Gasteiger partial charge in [0.15, 0.2) is 0 Å². The molecule has 0 aromatic heterocycles. The molecular formula is C18H14Cl2N2. The highest BCUT2D eigenvalue weighted by Crippen LogP contribution is 2.35. The number of rotatable bonds is 1. The van der Waals surface area contributed by atoms with E-state index in [4.69, 9.17) is 28.2 Å². The van der Waals surface area contributed by atoms with Crippen LogP contribution in [-0.4, -0.2) is 17.3 Å². The number of aliphatic imine (C=N–C) groups is 1. The lowest BCUT2D eigenvalue weighted by Gasteiger charge is -2.24. The number of para-hydroxylation sites is 1. The van der Waals surface area contributed by atoms with Crippen molar-refractivity contribution in [3.8, 4) is 0 Å². The quantitative estimate of drug-likeness (QED) is 0.691. The third-order valence-corrected chi connectivity index (χ3v) is 4.79. The second kappa shape index (κ2) is 5.45. The second-order valence-electron chi connectivity index (χ2n) is 5.54. The van der Waals surface area contributed by atoms with Crippen molar-refractivity contribution in [1.29, 1.82) is 0 Å². The fourth-order valence-corrected chi connectivity index (χ4v) is 3.51. The molecule has 110 valence electrons. The minimum atomic E-state index is 0.676. The fourth-order valence-electron chi connectivity index (χ4n) is 3.01. The van der Waals surface area contributed by atoms with Gasteiger partial charge in [0.2, 0.25) is 0 Å². The van der Waals surface area contributed by atoms with Gasteiger partial charge in [-0.1, -0.05) is 47.5 Å². The van der Waals surface area contributed by atoms with Crippen molar-refractivity contribution in [2.75, 3.05) is 6.54 Å². The Morgan fingerprint density at radius 1 is 1.00 bits per heavy atom. The first-order valence-electron chi connectivity index (χ1n) is 7.29. The topological polar surface area (TPSA) is 15.6 Å². The SMILES string of the molecule is Clc1cccc(Cl)c1/C=C1\CCN2Cc3ccccc3N=C12. The van der Waals surface area contributed by atoms with Crippen LogP contribution >= 0.6 is 23.2 Å². The zero-order chi connectivity index (χ0) is 15.1. The van der Waals surface area contributed by atoms with Crippen LogP contribution in [0, 0.1) is 0 Å². The molecule has 0 bridgehead atoms.